The van der Waals surface area contributed by atoms with Crippen LogP contribution in [0.4, 0.5) is 10.1 Å². The lowest BCUT2D eigenvalue weighted by Crippen LogP contribution is -2.16. The van der Waals surface area contributed by atoms with Crippen LogP contribution in [0.25, 0.3) is 0 Å². The number of hydrogen-bond acceptors (Lipinski definition) is 1. The molecule has 3 heteroatoms. The quantitative estimate of drug-likeness (QED) is 0.897. The van der Waals surface area contributed by atoms with Crippen molar-refractivity contribution in [1.29, 1.82) is 0 Å². The highest BCUT2D eigenvalue weighted by Crippen LogP contribution is 2.28. The first-order chi connectivity index (χ1) is 10.7. The van der Waals surface area contributed by atoms with Gasteiger partial charge >= 0.3 is 0 Å². The smallest absolute Gasteiger partial charge is 0.224 e. The Hall–Kier alpha value is -2.16. The fourth-order valence-electron chi connectivity index (χ4n) is 3.06. The molecule has 0 atom stereocenters. The first kappa shape index (κ1) is 14.8. The molecule has 0 bridgehead atoms. The maximum atomic E-state index is 13.6. The number of amides is 1. The van der Waals surface area contributed by atoms with E-state index < -0.39 is 0 Å². The van der Waals surface area contributed by atoms with Gasteiger partial charge in [0.1, 0.15) is 5.82 Å². The Morgan fingerprint density at radius 3 is 2.73 bits per heavy atom. The van der Waals surface area contributed by atoms with E-state index in [1.54, 1.807) is 18.2 Å². The monoisotopic (exact) mass is 297 g/mol. The molecule has 1 N–H and O–H groups in total. The zero-order valence-corrected chi connectivity index (χ0v) is 12.6. The molecule has 114 valence electrons. The van der Waals surface area contributed by atoms with E-state index in [4.69, 9.17) is 0 Å². The highest BCUT2D eigenvalue weighted by Gasteiger charge is 2.14. The average Bonchev–Trinajstić information content (AvgIpc) is 2.54. The second-order valence-corrected chi connectivity index (χ2v) is 5.79. The molecule has 0 fully saturated rings. The number of rotatable bonds is 4. The van der Waals surface area contributed by atoms with Gasteiger partial charge in [-0.05, 0) is 60.9 Å². The number of halogens is 1. The maximum Gasteiger partial charge on any atom is 0.224 e. The summed E-state index contributed by atoms with van der Waals surface area (Å²) < 4.78 is 13.6. The Bertz CT molecular complexity index is 681. The summed E-state index contributed by atoms with van der Waals surface area (Å²) in [7, 11) is 0. The van der Waals surface area contributed by atoms with Crippen molar-refractivity contribution in [2.45, 2.75) is 38.5 Å². The van der Waals surface area contributed by atoms with Crippen LogP contribution in [0.1, 0.15) is 36.0 Å². The van der Waals surface area contributed by atoms with Crippen LogP contribution < -0.4 is 5.32 Å². The topological polar surface area (TPSA) is 29.1 Å². The fourth-order valence-corrected chi connectivity index (χ4v) is 3.06. The standard InChI is InChI=1S/C19H20FNO/c20-17-10-4-2-7-15(17)12-13-19(22)21-18-11-5-8-14-6-1-3-9-16(14)18/h2,4-5,7-8,10-11H,1,3,6,9,12-13H2,(H,21,22). The number of carbonyl (C=O) groups is 1. The van der Waals surface area contributed by atoms with Gasteiger partial charge in [0.15, 0.2) is 0 Å². The SMILES string of the molecule is O=C(CCc1ccccc1F)Nc1cccc2c1CCCC2. The fraction of sp³-hybridized carbons (Fsp3) is 0.316. The molecule has 1 amide bonds. The molecule has 22 heavy (non-hydrogen) atoms. The molecule has 0 radical (unpaired) electrons. The molecule has 0 aliphatic heterocycles. The van der Waals surface area contributed by atoms with Gasteiger partial charge in [-0.2, -0.15) is 0 Å². The number of nitrogens with one attached hydrogen (secondary N) is 1. The predicted octanol–water partition coefficient (Wildman–Crippen LogP) is 4.28. The predicted molar refractivity (Wildman–Crippen MR) is 86.4 cm³/mol. The van der Waals surface area contributed by atoms with Crippen molar-refractivity contribution in [3.05, 3.63) is 65.0 Å². The van der Waals surface area contributed by atoms with Crippen LogP contribution in [0.3, 0.4) is 0 Å². The molecule has 2 nitrogen and oxygen atoms in total. The summed E-state index contributed by atoms with van der Waals surface area (Å²) in [6.07, 6.45) is 5.23. The molecule has 1 aliphatic rings. The van der Waals surface area contributed by atoms with Gasteiger partial charge in [-0.3, -0.25) is 4.79 Å². The Labute approximate surface area is 130 Å². The highest BCUT2D eigenvalue weighted by molar-refractivity contribution is 5.91. The molecule has 2 aromatic rings. The van der Waals surface area contributed by atoms with Gasteiger partial charge < -0.3 is 5.32 Å². The molecule has 0 saturated heterocycles. The minimum absolute atomic E-state index is 0.0535. The first-order valence-electron chi connectivity index (χ1n) is 7.88. The summed E-state index contributed by atoms with van der Waals surface area (Å²) >= 11 is 0. The van der Waals surface area contributed by atoms with Gasteiger partial charge in [-0.15, -0.1) is 0 Å². The van der Waals surface area contributed by atoms with E-state index in [0.717, 1.165) is 18.5 Å². The van der Waals surface area contributed by atoms with Crippen molar-refractivity contribution in [2.75, 3.05) is 5.32 Å². The molecule has 0 unspecified atom stereocenters. The van der Waals surface area contributed by atoms with Crippen molar-refractivity contribution < 1.29 is 9.18 Å². The number of carbonyl (C=O) groups excluding carboxylic acids is 1. The van der Waals surface area contributed by atoms with Crippen LogP contribution in [0.15, 0.2) is 42.5 Å². The van der Waals surface area contributed by atoms with Crippen LogP contribution in [-0.4, -0.2) is 5.91 Å². The number of benzene rings is 2. The normalized spacial score (nSPS) is 13.5. The molecule has 0 saturated carbocycles. The molecule has 0 spiro atoms. The Morgan fingerprint density at radius 2 is 1.86 bits per heavy atom. The van der Waals surface area contributed by atoms with E-state index in [1.807, 2.05) is 12.1 Å². The van der Waals surface area contributed by atoms with Crippen LogP contribution in [0.5, 0.6) is 0 Å². The Kier molecular flexibility index (Phi) is 4.52. The molecule has 0 aromatic heterocycles. The third kappa shape index (κ3) is 3.35. The van der Waals surface area contributed by atoms with E-state index in [2.05, 4.69) is 11.4 Å². The number of hydrogen-bond donors (Lipinski definition) is 1. The second kappa shape index (κ2) is 6.73. The van der Waals surface area contributed by atoms with Gasteiger partial charge in [-0.25, -0.2) is 4.39 Å². The van der Waals surface area contributed by atoms with E-state index >= 15 is 0 Å². The summed E-state index contributed by atoms with van der Waals surface area (Å²) in [5, 5.41) is 3.00. The van der Waals surface area contributed by atoms with E-state index in [1.165, 1.54) is 30.0 Å². The number of fused-ring (bicyclic) bond motifs is 1. The summed E-state index contributed by atoms with van der Waals surface area (Å²) in [4.78, 5) is 12.1. The van der Waals surface area contributed by atoms with Gasteiger partial charge in [0.2, 0.25) is 5.91 Å². The lowest BCUT2D eigenvalue weighted by molar-refractivity contribution is -0.116. The van der Waals surface area contributed by atoms with Crippen molar-refractivity contribution in [3.63, 3.8) is 0 Å². The van der Waals surface area contributed by atoms with E-state index in [9.17, 15) is 9.18 Å². The van der Waals surface area contributed by atoms with Gasteiger partial charge in [0.25, 0.3) is 0 Å². The average molecular weight is 297 g/mol. The van der Waals surface area contributed by atoms with Crippen molar-refractivity contribution >= 4 is 11.6 Å². The van der Waals surface area contributed by atoms with Crippen LogP contribution in [0, 0.1) is 5.82 Å². The van der Waals surface area contributed by atoms with Crippen molar-refractivity contribution in [2.24, 2.45) is 0 Å². The summed E-state index contributed by atoms with van der Waals surface area (Å²) in [6.45, 7) is 0. The van der Waals surface area contributed by atoms with Gasteiger partial charge in [0.05, 0.1) is 0 Å². The van der Waals surface area contributed by atoms with Crippen LogP contribution in [-0.2, 0) is 24.1 Å². The zero-order chi connectivity index (χ0) is 15.4. The van der Waals surface area contributed by atoms with Gasteiger partial charge in [0, 0.05) is 12.1 Å². The lowest BCUT2D eigenvalue weighted by Gasteiger charge is -2.19. The highest BCUT2D eigenvalue weighted by atomic mass is 19.1. The molecule has 1 aliphatic carbocycles. The molecular weight excluding hydrogens is 277 g/mol. The van der Waals surface area contributed by atoms with E-state index in [-0.39, 0.29) is 11.7 Å². The molecular formula is C19H20FNO. The molecule has 3 rings (SSSR count). The minimum atomic E-state index is -0.243. The molecule has 2 aromatic carbocycles. The van der Waals surface area contributed by atoms with Crippen molar-refractivity contribution in [1.82, 2.24) is 0 Å². The second-order valence-electron chi connectivity index (χ2n) is 5.79. The Balaban J connectivity index is 1.64. The van der Waals surface area contributed by atoms with Crippen molar-refractivity contribution in [3.8, 4) is 0 Å². The zero-order valence-electron chi connectivity index (χ0n) is 12.6. The Morgan fingerprint density at radius 1 is 1.05 bits per heavy atom. The van der Waals surface area contributed by atoms with Crippen LogP contribution in [0.2, 0.25) is 0 Å². The first-order valence-corrected chi connectivity index (χ1v) is 7.88. The van der Waals surface area contributed by atoms with Crippen LogP contribution >= 0.6 is 0 Å². The summed E-state index contributed by atoms with van der Waals surface area (Å²) in [6, 6.07) is 12.7. The minimum Gasteiger partial charge on any atom is -0.326 e. The maximum absolute atomic E-state index is 13.6. The van der Waals surface area contributed by atoms with E-state index in [0.29, 0.717) is 18.4 Å². The number of aryl methyl sites for hydroxylation is 2. The summed E-state index contributed by atoms with van der Waals surface area (Å²) in [5.41, 5.74) is 4.13. The molecule has 0 heterocycles. The summed E-state index contributed by atoms with van der Waals surface area (Å²) in [5.74, 6) is -0.297. The largest absolute Gasteiger partial charge is 0.326 e. The number of anilines is 1. The van der Waals surface area contributed by atoms with Gasteiger partial charge in [-0.1, -0.05) is 30.3 Å². The third-order valence-corrected chi connectivity index (χ3v) is 4.25. The lowest BCUT2D eigenvalue weighted by atomic mass is 9.90. The third-order valence-electron chi connectivity index (χ3n) is 4.25.